The molecule has 1 unspecified atom stereocenters. The minimum absolute atomic E-state index is 0. The zero-order valence-electron chi connectivity index (χ0n) is 14.2. The van der Waals surface area contributed by atoms with Crippen molar-refractivity contribution in [3.05, 3.63) is 24.2 Å². The number of ether oxygens (including phenoxy) is 1. The van der Waals surface area contributed by atoms with Crippen LogP contribution < -0.4 is 16.0 Å². The average molecular weight is 450 g/mol. The van der Waals surface area contributed by atoms with E-state index >= 15 is 0 Å². The van der Waals surface area contributed by atoms with Gasteiger partial charge in [-0.15, -0.1) is 24.0 Å². The normalized spacial score (nSPS) is 15.2. The van der Waals surface area contributed by atoms with Gasteiger partial charge in [0, 0.05) is 13.1 Å². The van der Waals surface area contributed by atoms with Crippen molar-refractivity contribution in [2.45, 2.75) is 39.3 Å². The minimum Gasteiger partial charge on any atom is -0.467 e. The molecule has 0 saturated heterocycles. The standard InChI is InChI=1S/C16H26N4O3.HI/c1-3-17-15(18-10-13-6-5-9-23-13)19-11-14(12-7-8-12)20-16(21)22-4-2;/h5-6,9,12,14H,3-4,7-8,10-11H2,1-2H3,(H,20,21)(H2,17,18,19);1H. The molecule has 0 aromatic carbocycles. The molecule has 2 rings (SSSR count). The van der Waals surface area contributed by atoms with Gasteiger partial charge in [0.1, 0.15) is 12.3 Å². The van der Waals surface area contributed by atoms with Gasteiger partial charge < -0.3 is 25.1 Å². The quantitative estimate of drug-likeness (QED) is 0.322. The molecule has 136 valence electrons. The third-order valence-corrected chi connectivity index (χ3v) is 3.58. The van der Waals surface area contributed by atoms with Crippen LogP contribution in [0.15, 0.2) is 27.8 Å². The first-order chi connectivity index (χ1) is 11.2. The van der Waals surface area contributed by atoms with Gasteiger partial charge in [-0.25, -0.2) is 9.79 Å². The average Bonchev–Trinajstić information content (AvgIpc) is 3.25. The van der Waals surface area contributed by atoms with E-state index in [4.69, 9.17) is 9.15 Å². The Morgan fingerprint density at radius 1 is 1.42 bits per heavy atom. The number of guanidine groups is 1. The van der Waals surface area contributed by atoms with E-state index in [2.05, 4.69) is 20.9 Å². The summed E-state index contributed by atoms with van der Waals surface area (Å²) in [5.41, 5.74) is 0. The summed E-state index contributed by atoms with van der Waals surface area (Å²) in [6.45, 7) is 6.05. The lowest BCUT2D eigenvalue weighted by Gasteiger charge is -2.20. The van der Waals surface area contributed by atoms with Gasteiger partial charge in [0.25, 0.3) is 0 Å². The van der Waals surface area contributed by atoms with Gasteiger partial charge >= 0.3 is 6.09 Å². The number of alkyl carbamates (subject to hydrolysis) is 1. The van der Waals surface area contributed by atoms with Gasteiger partial charge in [-0.1, -0.05) is 0 Å². The highest BCUT2D eigenvalue weighted by Gasteiger charge is 2.32. The third-order valence-electron chi connectivity index (χ3n) is 3.58. The summed E-state index contributed by atoms with van der Waals surface area (Å²) >= 11 is 0. The molecule has 1 saturated carbocycles. The molecule has 0 spiro atoms. The van der Waals surface area contributed by atoms with Crippen molar-refractivity contribution < 1.29 is 13.9 Å². The Balaban J connectivity index is 0.00000288. The highest BCUT2D eigenvalue weighted by Crippen LogP contribution is 2.32. The van der Waals surface area contributed by atoms with Crippen LogP contribution in [0.25, 0.3) is 0 Å². The van der Waals surface area contributed by atoms with Crippen LogP contribution in [0.1, 0.15) is 32.4 Å². The third kappa shape index (κ3) is 7.41. The summed E-state index contributed by atoms with van der Waals surface area (Å²) in [5.74, 6) is 2.03. The van der Waals surface area contributed by atoms with E-state index in [1.807, 2.05) is 19.1 Å². The second-order valence-corrected chi connectivity index (χ2v) is 5.46. The van der Waals surface area contributed by atoms with E-state index in [1.54, 1.807) is 13.2 Å². The van der Waals surface area contributed by atoms with Crippen LogP contribution >= 0.6 is 24.0 Å². The van der Waals surface area contributed by atoms with Gasteiger partial charge in [0.15, 0.2) is 5.96 Å². The summed E-state index contributed by atoms with van der Waals surface area (Å²) < 4.78 is 10.2. The van der Waals surface area contributed by atoms with E-state index in [0.717, 1.165) is 25.1 Å². The molecule has 1 heterocycles. The van der Waals surface area contributed by atoms with Gasteiger partial charge in [-0.2, -0.15) is 0 Å². The molecule has 3 N–H and O–H groups in total. The van der Waals surface area contributed by atoms with Crippen LogP contribution in [0.3, 0.4) is 0 Å². The summed E-state index contributed by atoms with van der Waals surface area (Å²) in [6.07, 6.45) is 3.55. The SMILES string of the molecule is CCNC(=NCc1ccco1)NCC(NC(=O)OCC)C1CC1.I. The maximum absolute atomic E-state index is 11.6. The van der Waals surface area contributed by atoms with Crippen LogP contribution in [-0.2, 0) is 11.3 Å². The van der Waals surface area contributed by atoms with Crippen molar-refractivity contribution in [1.29, 1.82) is 0 Å². The molecule has 1 atom stereocenters. The molecule has 1 fully saturated rings. The highest BCUT2D eigenvalue weighted by molar-refractivity contribution is 14.0. The Labute approximate surface area is 160 Å². The van der Waals surface area contributed by atoms with Gasteiger partial charge in [-0.3, -0.25) is 0 Å². The molecule has 8 heteroatoms. The number of hydrogen-bond acceptors (Lipinski definition) is 4. The van der Waals surface area contributed by atoms with Crippen molar-refractivity contribution in [1.82, 2.24) is 16.0 Å². The van der Waals surface area contributed by atoms with Gasteiger partial charge in [0.2, 0.25) is 0 Å². The molecule has 0 radical (unpaired) electrons. The number of nitrogens with zero attached hydrogens (tertiary/aromatic N) is 1. The Kier molecular flexibility index (Phi) is 9.58. The Morgan fingerprint density at radius 2 is 2.21 bits per heavy atom. The van der Waals surface area contributed by atoms with Crippen LogP contribution in [0.4, 0.5) is 4.79 Å². The van der Waals surface area contributed by atoms with Crippen molar-refractivity contribution in [2.24, 2.45) is 10.9 Å². The molecule has 0 aliphatic heterocycles. The fourth-order valence-electron chi connectivity index (χ4n) is 2.27. The lowest BCUT2D eigenvalue weighted by Crippen LogP contribution is -2.48. The number of carbonyl (C=O) groups excluding carboxylic acids is 1. The van der Waals surface area contributed by atoms with Crippen molar-refractivity contribution >= 4 is 36.0 Å². The zero-order chi connectivity index (χ0) is 16.5. The Morgan fingerprint density at radius 3 is 2.79 bits per heavy atom. The van der Waals surface area contributed by atoms with E-state index in [1.165, 1.54) is 0 Å². The van der Waals surface area contributed by atoms with Crippen LogP contribution in [0.5, 0.6) is 0 Å². The monoisotopic (exact) mass is 450 g/mol. The molecule has 1 aliphatic rings. The molecule has 1 aliphatic carbocycles. The molecule has 1 aromatic heterocycles. The molecule has 24 heavy (non-hydrogen) atoms. The number of carbonyl (C=O) groups is 1. The maximum atomic E-state index is 11.6. The van der Waals surface area contributed by atoms with E-state index in [-0.39, 0.29) is 36.1 Å². The van der Waals surface area contributed by atoms with Gasteiger partial charge in [-0.05, 0) is 44.7 Å². The summed E-state index contributed by atoms with van der Waals surface area (Å²) in [7, 11) is 0. The topological polar surface area (TPSA) is 87.9 Å². The first-order valence-corrected chi connectivity index (χ1v) is 8.20. The Bertz CT molecular complexity index is 503. The molecular weight excluding hydrogens is 423 g/mol. The summed E-state index contributed by atoms with van der Waals surface area (Å²) in [5, 5.41) is 9.39. The molecule has 1 aromatic rings. The molecular formula is C16H27IN4O3. The molecule has 0 bridgehead atoms. The fraction of sp³-hybridized carbons (Fsp3) is 0.625. The lowest BCUT2D eigenvalue weighted by molar-refractivity contribution is 0.146. The van der Waals surface area contributed by atoms with E-state index in [9.17, 15) is 4.79 Å². The number of amides is 1. The molecule has 7 nitrogen and oxygen atoms in total. The van der Waals surface area contributed by atoms with Crippen LogP contribution in [0.2, 0.25) is 0 Å². The zero-order valence-corrected chi connectivity index (χ0v) is 16.5. The second-order valence-electron chi connectivity index (χ2n) is 5.46. The van der Waals surface area contributed by atoms with Crippen LogP contribution in [-0.4, -0.2) is 37.8 Å². The fourth-order valence-corrected chi connectivity index (χ4v) is 2.27. The predicted octanol–water partition coefficient (Wildman–Crippen LogP) is 2.48. The largest absolute Gasteiger partial charge is 0.467 e. The smallest absolute Gasteiger partial charge is 0.407 e. The number of aliphatic imine (C=N–C) groups is 1. The van der Waals surface area contributed by atoms with E-state index < -0.39 is 0 Å². The molecule has 1 amide bonds. The van der Waals surface area contributed by atoms with Gasteiger partial charge in [0.05, 0.1) is 18.9 Å². The number of halogens is 1. The van der Waals surface area contributed by atoms with E-state index in [0.29, 0.717) is 31.6 Å². The summed E-state index contributed by atoms with van der Waals surface area (Å²) in [4.78, 5) is 16.1. The number of furan rings is 1. The predicted molar refractivity (Wildman–Crippen MR) is 104 cm³/mol. The number of rotatable bonds is 8. The summed E-state index contributed by atoms with van der Waals surface area (Å²) in [6, 6.07) is 3.79. The number of nitrogens with one attached hydrogen (secondary N) is 3. The highest BCUT2D eigenvalue weighted by atomic mass is 127. The van der Waals surface area contributed by atoms with Crippen molar-refractivity contribution in [2.75, 3.05) is 19.7 Å². The lowest BCUT2D eigenvalue weighted by atomic mass is 10.2. The minimum atomic E-state index is -0.358. The van der Waals surface area contributed by atoms with Crippen molar-refractivity contribution in [3.63, 3.8) is 0 Å². The first-order valence-electron chi connectivity index (χ1n) is 8.20. The van der Waals surface area contributed by atoms with Crippen molar-refractivity contribution in [3.8, 4) is 0 Å². The second kappa shape index (κ2) is 11.2. The Hall–Kier alpha value is -1.45. The maximum Gasteiger partial charge on any atom is 0.407 e. The van der Waals surface area contributed by atoms with Crippen LogP contribution in [0, 0.1) is 5.92 Å². The number of hydrogen-bond donors (Lipinski definition) is 3. The first kappa shape index (κ1) is 20.6.